The van der Waals surface area contributed by atoms with Crippen LogP contribution in [0.4, 0.5) is 4.39 Å². The smallest absolute Gasteiger partial charge is 0.262 e. The number of benzene rings is 1. The number of nitrogens with zero attached hydrogens (tertiary/aromatic N) is 3. The van der Waals surface area contributed by atoms with Gasteiger partial charge in [-0.25, -0.2) is 22.8 Å². The van der Waals surface area contributed by atoms with Crippen LogP contribution in [0.2, 0.25) is 0 Å². The molecule has 0 bridgehead atoms. The monoisotopic (exact) mass is 752 g/mol. The highest BCUT2D eigenvalue weighted by molar-refractivity contribution is 7.91. The predicted molar refractivity (Wildman–Crippen MR) is 190 cm³/mol. The van der Waals surface area contributed by atoms with Gasteiger partial charge in [0.15, 0.2) is 5.82 Å². The van der Waals surface area contributed by atoms with Crippen LogP contribution in [0.1, 0.15) is 78.0 Å². The van der Waals surface area contributed by atoms with Gasteiger partial charge in [-0.15, -0.1) is 11.3 Å². The maximum atomic E-state index is 14.7. The molecule has 4 amide bonds. The largest absolute Gasteiger partial charge is 0.471 e. The third-order valence-corrected chi connectivity index (χ3v) is 13.0. The van der Waals surface area contributed by atoms with Gasteiger partial charge in [-0.05, 0) is 76.6 Å². The molecule has 276 valence electrons. The van der Waals surface area contributed by atoms with Crippen molar-refractivity contribution < 1.29 is 36.7 Å². The molecular weight excluding hydrogens is 712 g/mol. The molecule has 16 heteroatoms. The molecule has 1 aromatic carbocycles. The second-order valence-electron chi connectivity index (χ2n) is 14.2. The van der Waals surface area contributed by atoms with Crippen molar-refractivity contribution in [2.24, 2.45) is 5.92 Å². The van der Waals surface area contributed by atoms with Crippen LogP contribution in [0.3, 0.4) is 0 Å². The van der Waals surface area contributed by atoms with E-state index >= 15 is 0 Å². The number of allylic oxidation sites excluding steroid dienone is 1. The number of halogens is 1. The van der Waals surface area contributed by atoms with E-state index in [1.165, 1.54) is 28.4 Å². The van der Waals surface area contributed by atoms with Crippen LogP contribution in [-0.2, 0) is 24.4 Å². The summed E-state index contributed by atoms with van der Waals surface area (Å²) in [6.07, 6.45) is 7.30. The molecule has 0 spiro atoms. The van der Waals surface area contributed by atoms with Crippen LogP contribution in [-0.4, -0.2) is 82.4 Å². The third kappa shape index (κ3) is 7.40. The van der Waals surface area contributed by atoms with Gasteiger partial charge in [-0.1, -0.05) is 31.1 Å². The SMILES string of the molecule is Cc1ccc(C(=O)NC2CCCCC/C=C\C3CC3(C(=O)NS(=O)(=O)C3CC3)NC(=O)C3CC(Oc4nc5c(F)cccc5nc4C)CN3C2=O)s1. The van der Waals surface area contributed by atoms with Gasteiger partial charge in [-0.3, -0.25) is 23.9 Å². The Morgan fingerprint density at radius 2 is 1.88 bits per heavy atom. The van der Waals surface area contributed by atoms with E-state index in [4.69, 9.17) is 4.74 Å². The molecule has 5 unspecified atom stereocenters. The lowest BCUT2D eigenvalue weighted by Gasteiger charge is -2.29. The number of carbonyl (C=O) groups excluding carboxylic acids is 4. The number of thiophene rings is 1. The second kappa shape index (κ2) is 14.2. The van der Waals surface area contributed by atoms with Crippen molar-refractivity contribution in [3.05, 3.63) is 63.7 Å². The zero-order chi connectivity index (χ0) is 36.8. The standard InChI is InChI=1S/C36H41FN6O7S2/c1-20-13-16-29(51-20)32(45)39-27-11-7-5-3-4-6-9-22-18-36(22,35(47)42-52(48,49)24-14-15-24)41-31(44)28-17-23(19-43(28)34(27)46)50-33-21(2)38-26-12-8-10-25(37)30(26)40-33/h6,8-10,12-13,16,22-24,27-28H,3-5,7,11,14-15,17-19H2,1-2H3,(H,39,45)(H,41,44)(H,42,47)/b9-6-. The predicted octanol–water partition coefficient (Wildman–Crippen LogP) is 3.60. The van der Waals surface area contributed by atoms with Crippen molar-refractivity contribution in [3.63, 3.8) is 0 Å². The highest BCUT2D eigenvalue weighted by atomic mass is 32.2. The molecule has 0 radical (unpaired) electrons. The summed E-state index contributed by atoms with van der Waals surface area (Å²) in [4.78, 5) is 67.3. The molecule has 7 rings (SSSR count). The number of carbonyl (C=O) groups is 4. The first-order valence-corrected chi connectivity index (χ1v) is 20.0. The summed E-state index contributed by atoms with van der Waals surface area (Å²) in [5, 5.41) is 5.11. The van der Waals surface area contributed by atoms with E-state index in [1.807, 2.05) is 25.1 Å². The van der Waals surface area contributed by atoms with Crippen molar-refractivity contribution >= 4 is 56.0 Å². The summed E-state index contributed by atoms with van der Waals surface area (Å²) in [5.74, 6) is -3.34. The molecule has 4 heterocycles. The summed E-state index contributed by atoms with van der Waals surface area (Å²) in [6.45, 7) is 3.47. The fraction of sp³-hybridized carbons (Fsp3) is 0.500. The first kappa shape index (κ1) is 35.9. The van der Waals surface area contributed by atoms with Gasteiger partial charge >= 0.3 is 0 Å². The maximum absolute atomic E-state index is 14.7. The van der Waals surface area contributed by atoms with E-state index in [0.29, 0.717) is 48.2 Å². The van der Waals surface area contributed by atoms with Gasteiger partial charge in [0.2, 0.25) is 27.7 Å². The van der Waals surface area contributed by atoms with E-state index in [9.17, 15) is 32.0 Å². The second-order valence-corrected chi connectivity index (χ2v) is 17.4. The topological polar surface area (TPSA) is 177 Å². The number of amides is 4. The molecule has 2 aliphatic carbocycles. The molecular formula is C36H41FN6O7S2. The number of aryl methyl sites for hydroxylation is 2. The number of hydrogen-bond acceptors (Lipinski definition) is 10. The number of hydrogen-bond donors (Lipinski definition) is 3. The Balaban J connectivity index is 1.20. The van der Waals surface area contributed by atoms with Gasteiger partial charge in [0.05, 0.1) is 22.2 Å². The fourth-order valence-corrected chi connectivity index (χ4v) is 9.15. The quantitative estimate of drug-likeness (QED) is 0.305. The van der Waals surface area contributed by atoms with Crippen LogP contribution in [0.25, 0.3) is 11.0 Å². The Hall–Kier alpha value is -4.44. The van der Waals surface area contributed by atoms with Gasteiger partial charge in [-0.2, -0.15) is 0 Å². The number of aromatic nitrogens is 2. The van der Waals surface area contributed by atoms with Crippen molar-refractivity contribution in [2.75, 3.05) is 6.54 Å². The molecule has 52 heavy (non-hydrogen) atoms. The minimum absolute atomic E-state index is 0.0123. The van der Waals surface area contributed by atoms with Crippen molar-refractivity contribution in [3.8, 4) is 5.88 Å². The van der Waals surface area contributed by atoms with E-state index < -0.39 is 74.4 Å². The zero-order valence-electron chi connectivity index (χ0n) is 28.9. The Morgan fingerprint density at radius 3 is 2.63 bits per heavy atom. The molecule has 2 aromatic heterocycles. The van der Waals surface area contributed by atoms with E-state index in [0.717, 1.165) is 17.7 Å². The lowest BCUT2D eigenvalue weighted by molar-refractivity contribution is -0.141. The van der Waals surface area contributed by atoms with Crippen LogP contribution in [0.15, 0.2) is 42.5 Å². The highest BCUT2D eigenvalue weighted by Gasteiger charge is 2.62. The Labute approximate surface area is 304 Å². The summed E-state index contributed by atoms with van der Waals surface area (Å²) in [7, 11) is -3.90. The number of fused-ring (bicyclic) bond motifs is 3. The van der Waals surface area contributed by atoms with Gasteiger partial charge in [0.1, 0.15) is 34.9 Å². The molecule has 1 saturated heterocycles. The average molecular weight is 753 g/mol. The van der Waals surface area contributed by atoms with Crippen LogP contribution < -0.4 is 20.1 Å². The number of nitrogens with one attached hydrogen (secondary N) is 3. The maximum Gasteiger partial charge on any atom is 0.262 e. The minimum Gasteiger partial charge on any atom is -0.471 e. The van der Waals surface area contributed by atoms with E-state index in [1.54, 1.807) is 19.1 Å². The molecule has 13 nitrogen and oxygen atoms in total. The minimum atomic E-state index is -3.90. The molecule has 3 N–H and O–H groups in total. The molecule has 5 atom stereocenters. The number of para-hydroxylation sites is 1. The number of ether oxygens (including phenoxy) is 1. The fourth-order valence-electron chi connectivity index (χ4n) is 7.02. The van der Waals surface area contributed by atoms with Gasteiger partial charge in [0, 0.05) is 17.2 Å². The normalized spacial score (nSPS) is 27.4. The van der Waals surface area contributed by atoms with E-state index in [2.05, 4.69) is 25.3 Å². The van der Waals surface area contributed by atoms with Crippen molar-refractivity contribution in [1.29, 1.82) is 0 Å². The van der Waals surface area contributed by atoms with E-state index in [-0.39, 0.29) is 30.8 Å². The molecule has 4 aliphatic rings. The molecule has 2 aliphatic heterocycles. The molecule has 3 aromatic rings. The van der Waals surface area contributed by atoms with Gasteiger partial charge in [0.25, 0.3) is 11.8 Å². The highest BCUT2D eigenvalue weighted by Crippen LogP contribution is 2.46. The van der Waals surface area contributed by atoms with Crippen LogP contribution in [0.5, 0.6) is 5.88 Å². The Bertz CT molecular complexity index is 2070. The number of rotatable bonds is 7. The Morgan fingerprint density at radius 1 is 1.08 bits per heavy atom. The van der Waals surface area contributed by atoms with Crippen LogP contribution >= 0.6 is 11.3 Å². The molecule has 3 fully saturated rings. The summed E-state index contributed by atoms with van der Waals surface area (Å²) < 4.78 is 48.7. The summed E-state index contributed by atoms with van der Waals surface area (Å²) in [6, 6.07) is 5.84. The van der Waals surface area contributed by atoms with Crippen molar-refractivity contribution in [2.45, 2.75) is 101 Å². The lowest BCUT2D eigenvalue weighted by Crippen LogP contribution is -2.58. The zero-order valence-corrected chi connectivity index (χ0v) is 30.5. The first-order chi connectivity index (χ1) is 24.8. The van der Waals surface area contributed by atoms with Crippen molar-refractivity contribution in [1.82, 2.24) is 30.2 Å². The van der Waals surface area contributed by atoms with Gasteiger partial charge < -0.3 is 20.3 Å². The number of sulfonamides is 1. The molecule has 2 saturated carbocycles. The summed E-state index contributed by atoms with van der Waals surface area (Å²) >= 11 is 1.31. The van der Waals surface area contributed by atoms with Crippen LogP contribution in [0, 0.1) is 25.6 Å². The first-order valence-electron chi connectivity index (χ1n) is 17.7. The summed E-state index contributed by atoms with van der Waals surface area (Å²) in [5.41, 5.74) is -0.780. The third-order valence-electron chi connectivity index (χ3n) is 10.2. The average Bonchev–Trinajstić information content (AvgIpc) is 3.99. The Kier molecular flexibility index (Phi) is 9.80. The lowest BCUT2D eigenvalue weighted by atomic mass is 10.0.